The Bertz CT molecular complexity index is 1740. The van der Waals surface area contributed by atoms with E-state index in [0.29, 0.717) is 5.75 Å². The number of fused-ring (bicyclic) bond motifs is 1. The third kappa shape index (κ3) is 5.56. The normalized spacial score (nSPS) is 11.5. The molecule has 0 atom stereocenters. The number of hydrogen-bond donors (Lipinski definition) is 1. The number of halogens is 1. The van der Waals surface area contributed by atoms with Crippen LogP contribution in [0.5, 0.6) is 17.2 Å². The first-order chi connectivity index (χ1) is 18.4. The van der Waals surface area contributed by atoms with E-state index in [1.807, 2.05) is 42.5 Å². The lowest BCUT2D eigenvalue weighted by Crippen LogP contribution is -2.13. The number of benzene rings is 3. The summed E-state index contributed by atoms with van der Waals surface area (Å²) in [5.74, 6) is 0.558. The maximum atomic E-state index is 13.2. The molecule has 0 fully saturated rings. The molecule has 1 N–H and O–H groups in total. The number of nitrogens with zero attached hydrogens (tertiary/aromatic N) is 4. The molecule has 0 aliphatic heterocycles. The van der Waals surface area contributed by atoms with Crippen molar-refractivity contribution in [2.45, 2.75) is 0 Å². The number of sulfonamides is 1. The Labute approximate surface area is 223 Å². The fourth-order valence-corrected chi connectivity index (χ4v) is 4.65. The number of ether oxygens (including phenoxy) is 2. The van der Waals surface area contributed by atoms with E-state index in [4.69, 9.17) is 21.1 Å². The lowest BCUT2D eigenvalue weighted by molar-refractivity contribution is 0.378. The Morgan fingerprint density at radius 3 is 2.34 bits per heavy atom. The van der Waals surface area contributed by atoms with Gasteiger partial charge >= 0.3 is 0 Å². The number of aromatic nitrogens is 4. The van der Waals surface area contributed by atoms with E-state index in [-0.39, 0.29) is 34.1 Å². The standard InChI is InChI=1S/C27H20ClN5O4S/c1-36-21-12-4-5-13-22(21)37-23-24(28)31-27(26-29-15-7-16-30-26)32-25(23)33-38(34,35)17-14-19-10-6-9-18-8-2-3-11-20(18)19/h2-17H,1H3,(H,31,32,33)/b17-14+. The summed E-state index contributed by atoms with van der Waals surface area (Å²) in [4.78, 5) is 16.8. The van der Waals surface area contributed by atoms with E-state index in [0.717, 1.165) is 21.7 Å². The molecular formula is C27H20ClN5O4S. The largest absolute Gasteiger partial charge is 0.493 e. The average Bonchev–Trinajstić information content (AvgIpc) is 2.94. The highest BCUT2D eigenvalue weighted by Gasteiger charge is 2.22. The molecule has 0 radical (unpaired) electrons. The van der Waals surface area contributed by atoms with Gasteiger partial charge in [-0.1, -0.05) is 66.2 Å². The van der Waals surface area contributed by atoms with Crippen molar-refractivity contribution in [3.63, 3.8) is 0 Å². The van der Waals surface area contributed by atoms with Crippen LogP contribution in [0, 0.1) is 0 Å². The number of nitrogens with one attached hydrogen (secondary N) is 1. The highest BCUT2D eigenvalue weighted by atomic mass is 35.5. The van der Waals surface area contributed by atoms with Crippen LogP contribution in [0.25, 0.3) is 28.5 Å². The molecule has 0 unspecified atom stereocenters. The summed E-state index contributed by atoms with van der Waals surface area (Å²) in [5, 5.41) is 2.80. The fraction of sp³-hybridized carbons (Fsp3) is 0.0370. The molecule has 38 heavy (non-hydrogen) atoms. The van der Waals surface area contributed by atoms with Gasteiger partial charge in [-0.15, -0.1) is 0 Å². The molecule has 0 saturated carbocycles. The third-order valence-electron chi connectivity index (χ3n) is 5.36. The van der Waals surface area contributed by atoms with Gasteiger partial charge in [-0.25, -0.2) is 28.4 Å². The van der Waals surface area contributed by atoms with Crippen molar-refractivity contribution in [2.24, 2.45) is 0 Å². The molecule has 0 saturated heterocycles. The number of rotatable bonds is 8. The molecule has 2 heterocycles. The molecule has 0 bridgehead atoms. The monoisotopic (exact) mass is 545 g/mol. The van der Waals surface area contributed by atoms with Gasteiger partial charge in [0.05, 0.1) is 12.5 Å². The Kier molecular flexibility index (Phi) is 7.16. The van der Waals surface area contributed by atoms with Gasteiger partial charge in [-0.05, 0) is 40.6 Å². The molecule has 0 amide bonds. The fourth-order valence-electron chi connectivity index (χ4n) is 3.64. The van der Waals surface area contributed by atoms with Crippen LogP contribution in [-0.4, -0.2) is 35.5 Å². The number of hydrogen-bond acceptors (Lipinski definition) is 8. The van der Waals surface area contributed by atoms with Gasteiger partial charge in [0.25, 0.3) is 10.0 Å². The molecule has 11 heteroatoms. The minimum atomic E-state index is -4.08. The lowest BCUT2D eigenvalue weighted by atomic mass is 10.1. The van der Waals surface area contributed by atoms with Gasteiger partial charge in [0, 0.05) is 12.4 Å². The summed E-state index contributed by atoms with van der Waals surface area (Å²) < 4.78 is 40.1. The van der Waals surface area contributed by atoms with Crippen LogP contribution in [0.2, 0.25) is 5.15 Å². The van der Waals surface area contributed by atoms with Gasteiger partial charge < -0.3 is 9.47 Å². The van der Waals surface area contributed by atoms with Crippen molar-refractivity contribution < 1.29 is 17.9 Å². The van der Waals surface area contributed by atoms with Crippen molar-refractivity contribution in [2.75, 3.05) is 11.8 Å². The second-order valence-corrected chi connectivity index (χ2v) is 9.78. The second-order valence-electron chi connectivity index (χ2n) is 7.86. The summed E-state index contributed by atoms with van der Waals surface area (Å²) in [6.45, 7) is 0. The van der Waals surface area contributed by atoms with Gasteiger partial charge in [-0.3, -0.25) is 4.72 Å². The highest BCUT2D eigenvalue weighted by molar-refractivity contribution is 7.95. The Morgan fingerprint density at radius 2 is 1.55 bits per heavy atom. The predicted molar refractivity (Wildman–Crippen MR) is 147 cm³/mol. The van der Waals surface area contributed by atoms with Crippen molar-refractivity contribution in [3.8, 4) is 28.9 Å². The number of anilines is 1. The van der Waals surface area contributed by atoms with Crippen molar-refractivity contribution >= 4 is 44.3 Å². The van der Waals surface area contributed by atoms with E-state index in [1.54, 1.807) is 30.3 Å². The SMILES string of the molecule is COc1ccccc1Oc1c(Cl)nc(-c2ncccn2)nc1NS(=O)(=O)/C=C/c1cccc2ccccc12. The van der Waals surface area contributed by atoms with Gasteiger partial charge in [0.15, 0.2) is 28.3 Å². The summed E-state index contributed by atoms with van der Waals surface area (Å²) >= 11 is 6.47. The van der Waals surface area contributed by atoms with Crippen molar-refractivity contribution in [3.05, 3.63) is 101 Å². The third-order valence-corrected chi connectivity index (χ3v) is 6.59. The zero-order valence-corrected chi connectivity index (χ0v) is 21.5. The maximum absolute atomic E-state index is 13.2. The van der Waals surface area contributed by atoms with Crippen LogP contribution < -0.4 is 14.2 Å². The van der Waals surface area contributed by atoms with Gasteiger partial charge in [-0.2, -0.15) is 0 Å². The van der Waals surface area contributed by atoms with Gasteiger partial charge in [0.1, 0.15) is 0 Å². The smallest absolute Gasteiger partial charge is 0.256 e. The molecule has 0 aliphatic rings. The van der Waals surface area contributed by atoms with Crippen molar-refractivity contribution in [1.82, 2.24) is 19.9 Å². The Morgan fingerprint density at radius 1 is 0.842 bits per heavy atom. The summed E-state index contributed by atoms with van der Waals surface area (Å²) in [7, 11) is -2.60. The van der Waals surface area contributed by atoms with Crippen LogP contribution in [0.4, 0.5) is 5.82 Å². The van der Waals surface area contributed by atoms with E-state index in [1.165, 1.54) is 25.6 Å². The van der Waals surface area contributed by atoms with Crippen LogP contribution in [0.15, 0.2) is 90.6 Å². The molecule has 0 spiro atoms. The molecule has 190 valence electrons. The first-order valence-electron chi connectivity index (χ1n) is 11.3. The topological polar surface area (TPSA) is 116 Å². The second kappa shape index (κ2) is 10.8. The maximum Gasteiger partial charge on any atom is 0.256 e. The predicted octanol–water partition coefficient (Wildman–Crippen LogP) is 5.95. The lowest BCUT2D eigenvalue weighted by Gasteiger charge is -2.15. The van der Waals surface area contributed by atoms with E-state index in [2.05, 4.69) is 24.7 Å². The summed E-state index contributed by atoms with van der Waals surface area (Å²) in [5.41, 5.74) is 0.734. The Hall–Kier alpha value is -4.54. The highest BCUT2D eigenvalue weighted by Crippen LogP contribution is 2.39. The zero-order chi connectivity index (χ0) is 26.5. The molecule has 0 aliphatic carbocycles. The number of para-hydroxylation sites is 2. The summed E-state index contributed by atoms with van der Waals surface area (Å²) in [6.07, 6.45) is 4.53. The average molecular weight is 546 g/mol. The van der Waals surface area contributed by atoms with Crippen LogP contribution in [-0.2, 0) is 10.0 Å². The first kappa shape index (κ1) is 25.1. The molecule has 3 aromatic carbocycles. The molecule has 5 rings (SSSR count). The first-order valence-corrected chi connectivity index (χ1v) is 13.2. The van der Waals surface area contributed by atoms with Crippen LogP contribution in [0.3, 0.4) is 0 Å². The molecule has 2 aromatic heterocycles. The minimum Gasteiger partial charge on any atom is -0.493 e. The minimum absolute atomic E-state index is 0.0127. The number of methoxy groups -OCH3 is 1. The van der Waals surface area contributed by atoms with E-state index < -0.39 is 10.0 Å². The molecule has 9 nitrogen and oxygen atoms in total. The summed E-state index contributed by atoms with van der Waals surface area (Å²) in [6, 6.07) is 21.8. The van der Waals surface area contributed by atoms with E-state index in [9.17, 15) is 8.42 Å². The van der Waals surface area contributed by atoms with Crippen LogP contribution >= 0.6 is 11.6 Å². The quantitative estimate of drug-likeness (QED) is 0.238. The molecule has 5 aromatic rings. The van der Waals surface area contributed by atoms with Crippen molar-refractivity contribution in [1.29, 1.82) is 0 Å². The zero-order valence-electron chi connectivity index (χ0n) is 19.9. The van der Waals surface area contributed by atoms with Crippen LogP contribution in [0.1, 0.15) is 5.56 Å². The van der Waals surface area contributed by atoms with E-state index >= 15 is 0 Å². The molecular weight excluding hydrogens is 526 g/mol. The van der Waals surface area contributed by atoms with Gasteiger partial charge in [0.2, 0.25) is 11.6 Å². The Balaban J connectivity index is 1.55.